The number of nitrogens with one attached hydrogen (secondary N) is 2. The number of halogens is 3. The van der Waals surface area contributed by atoms with Crippen LogP contribution in [0.4, 0.5) is 24.5 Å². The first-order valence-electron chi connectivity index (χ1n) is 5.66. The minimum absolute atomic E-state index is 0.236. The fourth-order valence-electron chi connectivity index (χ4n) is 1.67. The highest BCUT2D eigenvalue weighted by atomic mass is 19.4. The van der Waals surface area contributed by atoms with Crippen LogP contribution in [0.15, 0.2) is 18.2 Å². The molecule has 1 aliphatic rings. The van der Waals surface area contributed by atoms with E-state index >= 15 is 0 Å². The molecule has 1 aromatic carbocycles. The number of carbonyl (C=O) groups is 1. The van der Waals surface area contributed by atoms with Gasteiger partial charge in [0, 0.05) is 19.2 Å². The minimum atomic E-state index is -4.68. The molecule has 1 saturated heterocycles. The molecule has 0 aliphatic carbocycles. The van der Waals surface area contributed by atoms with Crippen LogP contribution in [-0.2, 0) is 11.0 Å². The molecule has 6 nitrogen and oxygen atoms in total. The molecule has 0 aromatic heterocycles. The Bertz CT molecular complexity index is 556. The predicted molar refractivity (Wildman–Crippen MR) is 63.1 cm³/mol. The Morgan fingerprint density at radius 1 is 1.40 bits per heavy atom. The van der Waals surface area contributed by atoms with Crippen LogP contribution in [-0.4, -0.2) is 23.9 Å². The van der Waals surface area contributed by atoms with Crippen LogP contribution in [0.5, 0.6) is 0 Å². The van der Waals surface area contributed by atoms with Gasteiger partial charge in [-0.25, -0.2) is 0 Å². The number of carbonyl (C=O) groups excluding carboxylic acids is 1. The zero-order valence-electron chi connectivity index (χ0n) is 10.0. The fraction of sp³-hybridized carbons (Fsp3) is 0.364. The lowest BCUT2D eigenvalue weighted by Gasteiger charge is -2.25. The quantitative estimate of drug-likeness (QED) is 0.656. The number of nitro groups is 1. The molecule has 108 valence electrons. The van der Waals surface area contributed by atoms with Gasteiger partial charge in [-0.1, -0.05) is 0 Å². The van der Waals surface area contributed by atoms with Crippen molar-refractivity contribution in [3.05, 3.63) is 33.9 Å². The number of anilines is 1. The van der Waals surface area contributed by atoms with Crippen LogP contribution >= 0.6 is 0 Å². The lowest BCUT2D eigenvalue weighted by molar-refractivity contribution is -0.384. The van der Waals surface area contributed by atoms with E-state index in [2.05, 4.69) is 10.6 Å². The maximum absolute atomic E-state index is 12.5. The normalized spacial score (nSPS) is 15.6. The minimum Gasteiger partial charge on any atom is -0.320 e. The van der Waals surface area contributed by atoms with Gasteiger partial charge in [0.05, 0.1) is 16.4 Å². The van der Waals surface area contributed by atoms with Crippen molar-refractivity contribution in [2.24, 2.45) is 5.92 Å². The van der Waals surface area contributed by atoms with Crippen LogP contribution in [0.2, 0.25) is 0 Å². The largest absolute Gasteiger partial charge is 0.416 e. The number of rotatable bonds is 3. The zero-order valence-corrected chi connectivity index (χ0v) is 10.0. The van der Waals surface area contributed by atoms with E-state index in [4.69, 9.17) is 0 Å². The highest BCUT2D eigenvalue weighted by Crippen LogP contribution is 2.35. The molecule has 1 aliphatic heterocycles. The summed E-state index contributed by atoms with van der Waals surface area (Å²) in [6.45, 7) is 0.889. The van der Waals surface area contributed by atoms with Gasteiger partial charge < -0.3 is 10.6 Å². The third-order valence-electron chi connectivity index (χ3n) is 2.93. The third kappa shape index (κ3) is 2.87. The molecule has 1 fully saturated rings. The second kappa shape index (κ2) is 5.08. The summed E-state index contributed by atoms with van der Waals surface area (Å²) in [5.74, 6) is -0.775. The van der Waals surface area contributed by atoms with Gasteiger partial charge in [-0.15, -0.1) is 0 Å². The maximum atomic E-state index is 12.5. The molecule has 1 heterocycles. The molecule has 2 rings (SSSR count). The van der Waals surface area contributed by atoms with E-state index in [1.807, 2.05) is 0 Å². The van der Waals surface area contributed by atoms with E-state index in [1.165, 1.54) is 0 Å². The van der Waals surface area contributed by atoms with Gasteiger partial charge in [-0.3, -0.25) is 14.9 Å². The van der Waals surface area contributed by atoms with Crippen molar-refractivity contribution in [2.45, 2.75) is 6.18 Å². The molecule has 20 heavy (non-hydrogen) atoms. The number of nitro benzene ring substituents is 1. The highest BCUT2D eigenvalue weighted by molar-refractivity contribution is 5.95. The van der Waals surface area contributed by atoms with Crippen LogP contribution in [0.3, 0.4) is 0 Å². The molecule has 0 spiro atoms. The first-order chi connectivity index (χ1) is 9.29. The highest BCUT2D eigenvalue weighted by Gasteiger charge is 2.34. The van der Waals surface area contributed by atoms with Crippen molar-refractivity contribution in [1.29, 1.82) is 0 Å². The molecule has 1 amide bonds. The number of alkyl halides is 3. The van der Waals surface area contributed by atoms with Gasteiger partial charge in [-0.05, 0) is 12.1 Å². The van der Waals surface area contributed by atoms with Crippen molar-refractivity contribution >= 4 is 17.3 Å². The Hall–Kier alpha value is -2.16. The summed E-state index contributed by atoms with van der Waals surface area (Å²) in [5, 5.41) is 15.9. The van der Waals surface area contributed by atoms with Crippen molar-refractivity contribution < 1.29 is 22.9 Å². The first-order valence-corrected chi connectivity index (χ1v) is 5.66. The third-order valence-corrected chi connectivity index (χ3v) is 2.93. The summed E-state index contributed by atoms with van der Waals surface area (Å²) in [4.78, 5) is 21.5. The molecular formula is C11H10F3N3O3. The molecule has 0 bridgehead atoms. The fourth-order valence-corrected chi connectivity index (χ4v) is 1.67. The lowest BCUT2D eigenvalue weighted by Crippen LogP contribution is -2.48. The topological polar surface area (TPSA) is 84.3 Å². The van der Waals surface area contributed by atoms with Crippen LogP contribution in [0.25, 0.3) is 0 Å². The molecule has 9 heteroatoms. The number of hydrogen-bond donors (Lipinski definition) is 2. The van der Waals surface area contributed by atoms with Crippen LogP contribution in [0.1, 0.15) is 5.56 Å². The summed E-state index contributed by atoms with van der Waals surface area (Å²) in [6, 6.07) is 2.00. The molecular weight excluding hydrogens is 279 g/mol. The predicted octanol–water partition coefficient (Wildman–Crippen LogP) is 1.77. The second-order valence-corrected chi connectivity index (χ2v) is 4.33. The zero-order chi connectivity index (χ0) is 14.9. The van der Waals surface area contributed by atoms with Gasteiger partial charge in [0.15, 0.2) is 0 Å². The standard InChI is InChI=1S/C11H10F3N3O3/c12-11(13,14)7-1-2-8(9(3-7)17(19)20)16-10(18)6-4-15-5-6/h1-3,6,15H,4-5H2,(H,16,18). The van der Waals surface area contributed by atoms with Crippen molar-refractivity contribution in [2.75, 3.05) is 18.4 Å². The Morgan fingerprint density at radius 2 is 2.05 bits per heavy atom. The van der Waals surface area contributed by atoms with Gasteiger partial charge >= 0.3 is 6.18 Å². The molecule has 1 aromatic rings. The van der Waals surface area contributed by atoms with E-state index in [0.717, 1.165) is 6.07 Å². The smallest absolute Gasteiger partial charge is 0.320 e. The summed E-state index contributed by atoms with van der Waals surface area (Å²) >= 11 is 0. The van der Waals surface area contributed by atoms with Crippen molar-refractivity contribution in [3.8, 4) is 0 Å². The van der Waals surface area contributed by atoms with Crippen molar-refractivity contribution in [1.82, 2.24) is 5.32 Å². The number of nitrogens with zero attached hydrogens (tertiary/aromatic N) is 1. The number of amides is 1. The molecule has 0 saturated carbocycles. The summed E-state index contributed by atoms with van der Waals surface area (Å²) in [7, 11) is 0. The van der Waals surface area contributed by atoms with Gasteiger partial charge in [0.1, 0.15) is 5.69 Å². The number of benzene rings is 1. The molecule has 0 atom stereocenters. The maximum Gasteiger partial charge on any atom is 0.416 e. The average molecular weight is 289 g/mol. The summed E-state index contributed by atoms with van der Waals surface area (Å²) in [6.07, 6.45) is -4.68. The monoisotopic (exact) mass is 289 g/mol. The molecule has 0 unspecified atom stereocenters. The molecule has 0 radical (unpaired) electrons. The van der Waals surface area contributed by atoms with Crippen molar-refractivity contribution in [3.63, 3.8) is 0 Å². The summed E-state index contributed by atoms with van der Waals surface area (Å²) < 4.78 is 37.5. The van der Waals surface area contributed by atoms with Gasteiger partial charge in [-0.2, -0.15) is 13.2 Å². The van der Waals surface area contributed by atoms with E-state index in [1.54, 1.807) is 0 Å². The SMILES string of the molecule is O=C(Nc1ccc(C(F)(F)F)cc1[N+](=O)[O-])C1CNC1. The lowest BCUT2D eigenvalue weighted by atomic mass is 10.0. The van der Waals surface area contributed by atoms with E-state index in [9.17, 15) is 28.1 Å². The van der Waals surface area contributed by atoms with E-state index in [-0.39, 0.29) is 11.6 Å². The van der Waals surface area contributed by atoms with Crippen LogP contribution < -0.4 is 10.6 Å². The molecule has 2 N–H and O–H groups in total. The Morgan fingerprint density at radius 3 is 2.50 bits per heavy atom. The second-order valence-electron chi connectivity index (χ2n) is 4.33. The van der Waals surface area contributed by atoms with E-state index < -0.39 is 28.3 Å². The number of hydrogen-bond acceptors (Lipinski definition) is 4. The Labute approximate surface area is 111 Å². The average Bonchev–Trinajstić information content (AvgIpc) is 2.24. The summed E-state index contributed by atoms with van der Waals surface area (Å²) in [5.41, 5.74) is -2.15. The van der Waals surface area contributed by atoms with E-state index in [0.29, 0.717) is 25.2 Å². The van der Waals surface area contributed by atoms with Crippen LogP contribution in [0, 0.1) is 16.0 Å². The van der Waals surface area contributed by atoms with Gasteiger partial charge in [0.2, 0.25) is 5.91 Å². The van der Waals surface area contributed by atoms with Gasteiger partial charge in [0.25, 0.3) is 5.69 Å². The first kappa shape index (κ1) is 14.3. The Kier molecular flexibility index (Phi) is 3.62. The Balaban J connectivity index is 2.28.